The summed E-state index contributed by atoms with van der Waals surface area (Å²) in [4.78, 5) is 22.1. The molecule has 0 aliphatic rings. The Labute approximate surface area is 157 Å². The van der Waals surface area contributed by atoms with Crippen LogP contribution in [-0.4, -0.2) is 24.2 Å². The van der Waals surface area contributed by atoms with Crippen molar-refractivity contribution >= 4 is 11.9 Å². The molecule has 0 unspecified atom stereocenters. The van der Waals surface area contributed by atoms with Crippen LogP contribution in [0.25, 0.3) is 0 Å². The van der Waals surface area contributed by atoms with E-state index in [0.717, 1.165) is 5.56 Å². The average molecular weight is 364 g/mol. The summed E-state index contributed by atoms with van der Waals surface area (Å²) >= 11 is 0. The van der Waals surface area contributed by atoms with Crippen LogP contribution in [0.2, 0.25) is 0 Å². The number of benzene rings is 3. The van der Waals surface area contributed by atoms with E-state index in [2.05, 4.69) is 0 Å². The van der Waals surface area contributed by atoms with Crippen molar-refractivity contribution in [1.29, 1.82) is 0 Å². The molecule has 0 atom stereocenters. The number of aromatic carboxylic acids is 1. The molecule has 0 heterocycles. The zero-order valence-corrected chi connectivity index (χ0v) is 14.9. The SMILES string of the molecule is COc1ccccc1C(=O)OCc1ccccc1.O=C(O)c1ccccc1. The van der Waals surface area contributed by atoms with E-state index in [1.807, 2.05) is 36.4 Å². The Hall–Kier alpha value is -3.60. The van der Waals surface area contributed by atoms with Crippen molar-refractivity contribution in [2.24, 2.45) is 0 Å². The van der Waals surface area contributed by atoms with Crippen LogP contribution >= 0.6 is 0 Å². The molecule has 0 bridgehead atoms. The first-order valence-electron chi connectivity index (χ1n) is 8.24. The van der Waals surface area contributed by atoms with Crippen molar-refractivity contribution in [3.8, 4) is 5.75 Å². The van der Waals surface area contributed by atoms with Gasteiger partial charge >= 0.3 is 11.9 Å². The second kappa shape index (κ2) is 10.4. The predicted octanol–water partition coefficient (Wildman–Crippen LogP) is 4.44. The van der Waals surface area contributed by atoms with Gasteiger partial charge in [-0.1, -0.05) is 60.7 Å². The van der Waals surface area contributed by atoms with Crippen molar-refractivity contribution in [2.75, 3.05) is 7.11 Å². The van der Waals surface area contributed by atoms with E-state index >= 15 is 0 Å². The first-order chi connectivity index (χ1) is 13.1. The monoisotopic (exact) mass is 364 g/mol. The molecular weight excluding hydrogens is 344 g/mol. The first-order valence-corrected chi connectivity index (χ1v) is 8.24. The van der Waals surface area contributed by atoms with Crippen LogP contribution in [0.5, 0.6) is 5.75 Å². The minimum Gasteiger partial charge on any atom is -0.496 e. The van der Waals surface area contributed by atoms with Crippen LogP contribution in [0.4, 0.5) is 0 Å². The molecule has 3 aromatic carbocycles. The van der Waals surface area contributed by atoms with Crippen molar-refractivity contribution in [2.45, 2.75) is 6.61 Å². The fourth-order valence-corrected chi connectivity index (χ4v) is 2.19. The van der Waals surface area contributed by atoms with Crippen molar-refractivity contribution in [3.63, 3.8) is 0 Å². The summed E-state index contributed by atoms with van der Waals surface area (Å²) < 4.78 is 10.4. The van der Waals surface area contributed by atoms with Crippen LogP contribution in [0, 0.1) is 0 Å². The van der Waals surface area contributed by atoms with E-state index in [-0.39, 0.29) is 12.6 Å². The number of hydrogen-bond acceptors (Lipinski definition) is 4. The van der Waals surface area contributed by atoms with E-state index in [1.165, 1.54) is 7.11 Å². The summed E-state index contributed by atoms with van der Waals surface area (Å²) in [7, 11) is 1.53. The van der Waals surface area contributed by atoms with Crippen molar-refractivity contribution < 1.29 is 24.2 Å². The molecule has 0 fully saturated rings. The van der Waals surface area contributed by atoms with Crippen molar-refractivity contribution in [1.82, 2.24) is 0 Å². The van der Waals surface area contributed by atoms with Gasteiger partial charge in [0.2, 0.25) is 0 Å². The molecule has 5 heteroatoms. The number of methoxy groups -OCH3 is 1. The summed E-state index contributed by atoms with van der Waals surface area (Å²) in [6.45, 7) is 0.262. The predicted molar refractivity (Wildman–Crippen MR) is 102 cm³/mol. The zero-order valence-electron chi connectivity index (χ0n) is 14.9. The zero-order chi connectivity index (χ0) is 19.5. The lowest BCUT2D eigenvalue weighted by Gasteiger charge is -2.08. The highest BCUT2D eigenvalue weighted by molar-refractivity contribution is 5.92. The number of carboxylic acids is 1. The Morgan fingerprint density at radius 2 is 1.37 bits per heavy atom. The first kappa shape index (κ1) is 19.7. The lowest BCUT2D eigenvalue weighted by Crippen LogP contribution is -2.06. The van der Waals surface area contributed by atoms with Gasteiger partial charge in [0.25, 0.3) is 0 Å². The molecule has 0 saturated heterocycles. The maximum absolute atomic E-state index is 11.9. The Kier molecular flexibility index (Phi) is 7.60. The van der Waals surface area contributed by atoms with E-state index < -0.39 is 5.97 Å². The Morgan fingerprint density at radius 1 is 0.815 bits per heavy atom. The molecule has 3 rings (SSSR count). The number of esters is 1. The smallest absolute Gasteiger partial charge is 0.342 e. The van der Waals surface area contributed by atoms with Gasteiger partial charge in [-0.2, -0.15) is 0 Å². The number of carboxylic acid groups (broad SMARTS) is 1. The third-order valence-corrected chi connectivity index (χ3v) is 3.56. The van der Waals surface area contributed by atoms with Gasteiger partial charge in [0, 0.05) is 0 Å². The molecule has 5 nitrogen and oxygen atoms in total. The molecule has 0 aromatic heterocycles. The van der Waals surface area contributed by atoms with Gasteiger partial charge in [-0.05, 0) is 29.8 Å². The molecule has 0 aliphatic heterocycles. The molecular formula is C22H20O5. The number of hydrogen-bond donors (Lipinski definition) is 1. The molecule has 0 saturated carbocycles. The van der Waals surface area contributed by atoms with E-state index in [0.29, 0.717) is 16.9 Å². The number of rotatable bonds is 5. The quantitative estimate of drug-likeness (QED) is 0.678. The fraction of sp³-hybridized carbons (Fsp3) is 0.0909. The molecule has 0 radical (unpaired) electrons. The fourth-order valence-electron chi connectivity index (χ4n) is 2.19. The summed E-state index contributed by atoms with van der Waals surface area (Å²) in [5.41, 5.74) is 1.73. The van der Waals surface area contributed by atoms with E-state index in [1.54, 1.807) is 48.5 Å². The Morgan fingerprint density at radius 3 is 1.93 bits per heavy atom. The van der Waals surface area contributed by atoms with Gasteiger partial charge in [-0.25, -0.2) is 9.59 Å². The minimum atomic E-state index is -0.879. The number of carbonyl (C=O) groups excluding carboxylic acids is 1. The standard InChI is InChI=1S/C15H14O3.C7H6O2/c1-17-14-10-6-5-9-13(14)15(16)18-11-12-7-3-2-4-8-12;8-7(9)6-4-2-1-3-5-6/h2-10H,11H2,1H3;1-5H,(H,8,9). The largest absolute Gasteiger partial charge is 0.496 e. The second-order valence-electron chi connectivity index (χ2n) is 5.43. The molecule has 27 heavy (non-hydrogen) atoms. The third kappa shape index (κ3) is 6.32. The normalized spacial score (nSPS) is 9.52. The highest BCUT2D eigenvalue weighted by atomic mass is 16.5. The summed E-state index contributed by atoms with van der Waals surface area (Å²) in [5.74, 6) is -0.734. The van der Waals surface area contributed by atoms with Gasteiger partial charge in [-0.15, -0.1) is 0 Å². The molecule has 138 valence electrons. The number of para-hydroxylation sites is 1. The number of ether oxygens (including phenoxy) is 2. The van der Waals surface area contributed by atoms with Crippen molar-refractivity contribution in [3.05, 3.63) is 102 Å². The molecule has 3 aromatic rings. The lowest BCUT2D eigenvalue weighted by molar-refractivity contribution is 0.0468. The van der Waals surface area contributed by atoms with Crippen LogP contribution in [0.1, 0.15) is 26.3 Å². The van der Waals surface area contributed by atoms with Gasteiger partial charge in [0.05, 0.1) is 12.7 Å². The maximum atomic E-state index is 11.9. The Balaban J connectivity index is 0.000000244. The van der Waals surface area contributed by atoms with Gasteiger partial charge < -0.3 is 14.6 Å². The minimum absolute atomic E-state index is 0.262. The van der Waals surface area contributed by atoms with E-state index in [4.69, 9.17) is 14.6 Å². The molecule has 1 N–H and O–H groups in total. The summed E-state index contributed by atoms with van der Waals surface area (Å²) in [6.07, 6.45) is 0. The van der Waals surface area contributed by atoms with E-state index in [9.17, 15) is 9.59 Å². The molecule has 0 amide bonds. The van der Waals surface area contributed by atoms with Crippen LogP contribution in [0.3, 0.4) is 0 Å². The Bertz CT molecular complexity index is 860. The van der Waals surface area contributed by atoms with Gasteiger partial charge in [-0.3, -0.25) is 0 Å². The number of carbonyl (C=O) groups is 2. The van der Waals surface area contributed by atoms with Crippen LogP contribution in [0.15, 0.2) is 84.9 Å². The summed E-state index contributed by atoms with van der Waals surface area (Å²) in [5, 5.41) is 8.38. The molecule has 0 aliphatic carbocycles. The highest BCUT2D eigenvalue weighted by Crippen LogP contribution is 2.18. The van der Waals surface area contributed by atoms with Gasteiger partial charge in [0.15, 0.2) is 0 Å². The highest BCUT2D eigenvalue weighted by Gasteiger charge is 2.12. The van der Waals surface area contributed by atoms with Gasteiger partial charge in [0.1, 0.15) is 17.9 Å². The third-order valence-electron chi connectivity index (χ3n) is 3.56. The van der Waals surface area contributed by atoms with Crippen LogP contribution < -0.4 is 4.74 Å². The second-order valence-corrected chi connectivity index (χ2v) is 5.43. The van der Waals surface area contributed by atoms with Crippen LogP contribution in [-0.2, 0) is 11.3 Å². The maximum Gasteiger partial charge on any atom is 0.342 e. The average Bonchev–Trinajstić information content (AvgIpc) is 2.73. The summed E-state index contributed by atoms with van der Waals surface area (Å²) in [6, 6.07) is 24.9. The topological polar surface area (TPSA) is 72.8 Å². The molecule has 0 spiro atoms. The lowest BCUT2D eigenvalue weighted by atomic mass is 10.2.